The summed E-state index contributed by atoms with van der Waals surface area (Å²) in [6, 6.07) is 51.9. The van der Waals surface area contributed by atoms with E-state index in [-0.39, 0.29) is 0 Å². The number of rotatable bonds is 4. The highest BCUT2D eigenvalue weighted by Gasteiger charge is 2.17. The summed E-state index contributed by atoms with van der Waals surface area (Å²) in [6.45, 7) is 0. The van der Waals surface area contributed by atoms with Gasteiger partial charge in [0, 0.05) is 22.1 Å². The van der Waals surface area contributed by atoms with Crippen molar-refractivity contribution < 1.29 is 0 Å². The maximum atomic E-state index is 2.38. The summed E-state index contributed by atoms with van der Waals surface area (Å²) in [4.78, 5) is 0. The molecule has 0 saturated heterocycles. The molecule has 0 radical (unpaired) electrons. The van der Waals surface area contributed by atoms with Gasteiger partial charge in [-0.05, 0) is 59.7 Å². The van der Waals surface area contributed by atoms with Gasteiger partial charge in [0.15, 0.2) is 0 Å². The fraction of sp³-hybridized carbons (Fsp3) is 0. The predicted octanol–water partition coefficient (Wildman–Crippen LogP) is 8.91. The number of hydrogen-bond donors (Lipinski definition) is 0. The van der Waals surface area contributed by atoms with Crippen LogP contribution in [0.15, 0.2) is 146 Å². The van der Waals surface area contributed by atoms with Gasteiger partial charge in [-0.25, -0.2) is 0 Å². The van der Waals surface area contributed by atoms with Gasteiger partial charge in [-0.3, -0.25) is 0 Å². The van der Waals surface area contributed by atoms with Gasteiger partial charge in [0.25, 0.3) is 0 Å². The molecule has 0 unspecified atom stereocenters. The fourth-order valence-electron chi connectivity index (χ4n) is 5.26. The van der Waals surface area contributed by atoms with Crippen molar-refractivity contribution in [3.8, 4) is 33.9 Å². The second-order valence-electron chi connectivity index (χ2n) is 9.10. The number of fused-ring (bicyclic) bond motifs is 2. The molecule has 0 atom stereocenters. The first-order chi connectivity index (χ1) is 17.9. The standard InChI is InChI=1S/C34H24N2/c1-5-13-25(14-6-1)31-21-27-23-34-28(24-33(27)35(31)29-17-9-3-10-18-29)22-32(26-15-7-2-8-16-26)36(34)30-19-11-4-12-20-30/h1-24H. The van der Waals surface area contributed by atoms with Gasteiger partial charge in [0.1, 0.15) is 0 Å². The first-order valence-electron chi connectivity index (χ1n) is 12.3. The lowest BCUT2D eigenvalue weighted by molar-refractivity contribution is 1.13. The average molecular weight is 461 g/mol. The maximum Gasteiger partial charge on any atom is 0.0542 e. The van der Waals surface area contributed by atoms with Crippen LogP contribution in [0.2, 0.25) is 0 Å². The van der Waals surface area contributed by atoms with Crippen molar-refractivity contribution in [3.05, 3.63) is 146 Å². The Balaban J connectivity index is 1.57. The van der Waals surface area contributed by atoms with Crippen molar-refractivity contribution in [1.29, 1.82) is 0 Å². The largest absolute Gasteiger partial charge is 0.309 e. The summed E-state index contributed by atoms with van der Waals surface area (Å²) >= 11 is 0. The van der Waals surface area contributed by atoms with Crippen LogP contribution < -0.4 is 0 Å². The van der Waals surface area contributed by atoms with Crippen LogP contribution in [-0.4, -0.2) is 9.13 Å². The summed E-state index contributed by atoms with van der Waals surface area (Å²) in [7, 11) is 0. The number of hydrogen-bond acceptors (Lipinski definition) is 0. The Labute approximate surface area is 210 Å². The van der Waals surface area contributed by atoms with Gasteiger partial charge in [0.2, 0.25) is 0 Å². The van der Waals surface area contributed by atoms with Crippen molar-refractivity contribution in [2.75, 3.05) is 0 Å². The zero-order valence-corrected chi connectivity index (χ0v) is 19.8. The lowest BCUT2D eigenvalue weighted by atomic mass is 10.1. The van der Waals surface area contributed by atoms with Gasteiger partial charge in [0.05, 0.1) is 22.4 Å². The van der Waals surface area contributed by atoms with E-state index in [1.165, 1.54) is 44.3 Å². The zero-order chi connectivity index (χ0) is 23.9. The van der Waals surface area contributed by atoms with E-state index in [0.717, 1.165) is 11.4 Å². The summed E-state index contributed by atoms with van der Waals surface area (Å²) in [5.74, 6) is 0. The van der Waals surface area contributed by atoms with Crippen LogP contribution in [0, 0.1) is 0 Å². The second kappa shape index (κ2) is 8.44. The number of aromatic nitrogens is 2. The monoisotopic (exact) mass is 460 g/mol. The zero-order valence-electron chi connectivity index (χ0n) is 19.8. The molecule has 36 heavy (non-hydrogen) atoms. The molecule has 0 aliphatic carbocycles. The van der Waals surface area contributed by atoms with E-state index in [4.69, 9.17) is 0 Å². The molecule has 5 aromatic carbocycles. The summed E-state index contributed by atoms with van der Waals surface area (Å²) < 4.78 is 4.76. The van der Waals surface area contributed by atoms with Crippen LogP contribution >= 0.6 is 0 Å². The lowest BCUT2D eigenvalue weighted by Gasteiger charge is -2.12. The fourth-order valence-corrected chi connectivity index (χ4v) is 5.26. The Morgan fingerprint density at radius 1 is 0.333 bits per heavy atom. The molecule has 0 spiro atoms. The minimum atomic E-state index is 1.16. The van der Waals surface area contributed by atoms with Crippen LogP contribution in [0.1, 0.15) is 0 Å². The van der Waals surface area contributed by atoms with Crippen LogP contribution in [0.25, 0.3) is 55.7 Å². The lowest BCUT2D eigenvalue weighted by Crippen LogP contribution is -1.97. The van der Waals surface area contributed by atoms with E-state index in [1.807, 2.05) is 0 Å². The van der Waals surface area contributed by atoms with Crippen molar-refractivity contribution in [3.63, 3.8) is 0 Å². The van der Waals surface area contributed by atoms with Crippen molar-refractivity contribution in [1.82, 2.24) is 9.13 Å². The van der Waals surface area contributed by atoms with Gasteiger partial charge in [-0.1, -0.05) is 97.1 Å². The second-order valence-corrected chi connectivity index (χ2v) is 9.10. The van der Waals surface area contributed by atoms with E-state index >= 15 is 0 Å². The number of benzene rings is 5. The first-order valence-corrected chi connectivity index (χ1v) is 12.3. The molecule has 2 heterocycles. The molecule has 0 fully saturated rings. The molecule has 170 valence electrons. The van der Waals surface area contributed by atoms with Crippen LogP contribution in [0.4, 0.5) is 0 Å². The normalized spacial score (nSPS) is 11.3. The highest BCUT2D eigenvalue weighted by atomic mass is 15.0. The molecular weight excluding hydrogens is 436 g/mol. The molecule has 0 aliphatic heterocycles. The highest BCUT2D eigenvalue weighted by Crippen LogP contribution is 2.38. The van der Waals surface area contributed by atoms with Crippen LogP contribution in [-0.2, 0) is 0 Å². The average Bonchev–Trinajstić information content (AvgIpc) is 3.52. The van der Waals surface area contributed by atoms with E-state index in [0.29, 0.717) is 0 Å². The van der Waals surface area contributed by atoms with E-state index in [1.54, 1.807) is 0 Å². The third kappa shape index (κ3) is 3.35. The van der Waals surface area contributed by atoms with Gasteiger partial charge < -0.3 is 9.13 Å². The Morgan fingerprint density at radius 2 is 0.667 bits per heavy atom. The smallest absolute Gasteiger partial charge is 0.0542 e. The Kier molecular flexibility index (Phi) is 4.82. The quantitative estimate of drug-likeness (QED) is 0.248. The van der Waals surface area contributed by atoms with E-state index < -0.39 is 0 Å². The maximum absolute atomic E-state index is 2.38. The van der Waals surface area contributed by atoms with Crippen LogP contribution in [0.5, 0.6) is 0 Å². The van der Waals surface area contributed by atoms with Gasteiger partial charge >= 0.3 is 0 Å². The molecule has 2 aromatic heterocycles. The number of para-hydroxylation sites is 2. The molecule has 0 N–H and O–H groups in total. The summed E-state index contributed by atoms with van der Waals surface area (Å²) in [5, 5.41) is 2.44. The Hall–Kier alpha value is -4.82. The van der Waals surface area contributed by atoms with Crippen molar-refractivity contribution in [2.24, 2.45) is 0 Å². The first kappa shape index (κ1) is 20.5. The Morgan fingerprint density at radius 3 is 1.03 bits per heavy atom. The minimum absolute atomic E-state index is 1.16. The van der Waals surface area contributed by atoms with Crippen LogP contribution in [0.3, 0.4) is 0 Å². The third-order valence-electron chi connectivity index (χ3n) is 6.89. The Bertz CT molecular complexity index is 1660. The summed E-state index contributed by atoms with van der Waals surface area (Å²) in [6.07, 6.45) is 0. The SMILES string of the molecule is c1ccc(-c2cc3cc4c(cc(-c5ccccc5)n4-c4ccccc4)cc3n2-c2ccccc2)cc1. The molecule has 0 bridgehead atoms. The molecular formula is C34H24N2. The number of nitrogens with zero attached hydrogens (tertiary/aromatic N) is 2. The molecule has 7 rings (SSSR count). The van der Waals surface area contributed by atoms with E-state index in [2.05, 4.69) is 155 Å². The molecule has 2 nitrogen and oxygen atoms in total. The van der Waals surface area contributed by atoms with E-state index in [9.17, 15) is 0 Å². The molecule has 0 amide bonds. The molecule has 0 saturated carbocycles. The summed E-state index contributed by atoms with van der Waals surface area (Å²) in [5.41, 5.74) is 9.54. The third-order valence-corrected chi connectivity index (χ3v) is 6.89. The highest BCUT2D eigenvalue weighted by molar-refractivity contribution is 6.02. The molecule has 7 aromatic rings. The van der Waals surface area contributed by atoms with Gasteiger partial charge in [-0.2, -0.15) is 0 Å². The topological polar surface area (TPSA) is 9.86 Å². The van der Waals surface area contributed by atoms with Gasteiger partial charge in [-0.15, -0.1) is 0 Å². The predicted molar refractivity (Wildman–Crippen MR) is 151 cm³/mol. The van der Waals surface area contributed by atoms with Crippen molar-refractivity contribution >= 4 is 21.8 Å². The van der Waals surface area contributed by atoms with Crippen molar-refractivity contribution in [2.45, 2.75) is 0 Å². The minimum Gasteiger partial charge on any atom is -0.309 e. The molecule has 0 aliphatic rings. The molecule has 2 heteroatoms.